The van der Waals surface area contributed by atoms with E-state index in [-0.39, 0.29) is 24.5 Å². The summed E-state index contributed by atoms with van der Waals surface area (Å²) in [7, 11) is 0. The molecule has 0 aliphatic carbocycles. The number of pyridine rings is 1. The van der Waals surface area contributed by atoms with Crippen LogP contribution in [0.1, 0.15) is 24.1 Å². The van der Waals surface area contributed by atoms with Gasteiger partial charge in [0.1, 0.15) is 0 Å². The van der Waals surface area contributed by atoms with Gasteiger partial charge in [0.2, 0.25) is 0 Å². The van der Waals surface area contributed by atoms with Gasteiger partial charge in [0.25, 0.3) is 0 Å². The highest BCUT2D eigenvalue weighted by Gasteiger charge is 2.12. The van der Waals surface area contributed by atoms with Crippen molar-refractivity contribution in [2.75, 3.05) is 19.7 Å². The number of aliphatic hydroxyl groups is 1. The number of nitrogens with zero attached hydrogens (tertiary/aromatic N) is 1. The van der Waals surface area contributed by atoms with Gasteiger partial charge in [-0.05, 0) is 46.9 Å². The smallest absolute Gasteiger partial charge is 0.314 e. The molecule has 5 nitrogen and oxygen atoms in total. The average molecular weight is 333 g/mol. The summed E-state index contributed by atoms with van der Waals surface area (Å²) in [5.74, 6) is 0.249. The van der Waals surface area contributed by atoms with E-state index < -0.39 is 0 Å². The van der Waals surface area contributed by atoms with Crippen LogP contribution in [0.2, 0.25) is 0 Å². The maximum Gasteiger partial charge on any atom is 0.314 e. The zero-order valence-corrected chi connectivity index (χ0v) is 14.1. The molecule has 0 aromatic carbocycles. The number of aromatic nitrogens is 1. The summed E-state index contributed by atoms with van der Waals surface area (Å²) in [5, 5.41) is 19.3. The van der Waals surface area contributed by atoms with Gasteiger partial charge in [0.05, 0.1) is 0 Å². The van der Waals surface area contributed by atoms with E-state index in [1.807, 2.05) is 23.6 Å². The summed E-state index contributed by atoms with van der Waals surface area (Å²) in [6, 6.07) is 7.57. The summed E-state index contributed by atoms with van der Waals surface area (Å²) < 4.78 is 0. The zero-order valence-electron chi connectivity index (χ0n) is 13.2. The Balaban J connectivity index is 1.70. The lowest BCUT2D eigenvalue weighted by Crippen LogP contribution is -2.40. The van der Waals surface area contributed by atoms with Crippen LogP contribution in [0.5, 0.6) is 0 Å². The molecule has 2 unspecified atom stereocenters. The van der Waals surface area contributed by atoms with Crippen molar-refractivity contribution in [3.05, 3.63) is 52.5 Å². The summed E-state index contributed by atoms with van der Waals surface area (Å²) in [6.45, 7) is 3.11. The Hall–Kier alpha value is -1.92. The van der Waals surface area contributed by atoms with Gasteiger partial charge in [-0.1, -0.05) is 13.0 Å². The lowest BCUT2D eigenvalue weighted by molar-refractivity contribution is 0.213. The van der Waals surface area contributed by atoms with Crippen LogP contribution in [0.4, 0.5) is 4.79 Å². The lowest BCUT2D eigenvalue weighted by atomic mass is 10.0. The first-order valence-corrected chi connectivity index (χ1v) is 8.68. The molecule has 2 amide bonds. The van der Waals surface area contributed by atoms with Gasteiger partial charge >= 0.3 is 6.03 Å². The number of carbonyl (C=O) groups excluding carboxylic acids is 1. The van der Waals surface area contributed by atoms with Crippen LogP contribution in [-0.4, -0.2) is 35.8 Å². The molecule has 0 radical (unpaired) electrons. The Kier molecular flexibility index (Phi) is 7.03. The minimum absolute atomic E-state index is 0.0160. The molecule has 0 spiro atoms. The van der Waals surface area contributed by atoms with E-state index in [1.54, 1.807) is 17.5 Å². The summed E-state index contributed by atoms with van der Waals surface area (Å²) >= 11 is 1.66. The predicted octanol–water partition coefficient (Wildman–Crippen LogP) is 2.40. The predicted molar refractivity (Wildman–Crippen MR) is 92.7 cm³/mol. The van der Waals surface area contributed by atoms with Crippen LogP contribution in [-0.2, 0) is 6.42 Å². The summed E-state index contributed by atoms with van der Waals surface area (Å²) in [4.78, 5) is 16.1. The Morgan fingerprint density at radius 2 is 2.13 bits per heavy atom. The maximum atomic E-state index is 11.9. The van der Waals surface area contributed by atoms with Crippen molar-refractivity contribution in [3.8, 4) is 0 Å². The fourth-order valence-electron chi connectivity index (χ4n) is 2.23. The van der Waals surface area contributed by atoms with E-state index in [0.717, 1.165) is 5.69 Å². The van der Waals surface area contributed by atoms with Crippen molar-refractivity contribution >= 4 is 17.4 Å². The van der Waals surface area contributed by atoms with Crippen LogP contribution in [0.25, 0.3) is 0 Å². The van der Waals surface area contributed by atoms with E-state index in [1.165, 1.54) is 5.56 Å². The molecule has 2 aromatic heterocycles. The molecule has 0 saturated heterocycles. The molecule has 0 bridgehead atoms. The largest absolute Gasteiger partial charge is 0.396 e. The van der Waals surface area contributed by atoms with Crippen molar-refractivity contribution in [3.63, 3.8) is 0 Å². The number of amides is 2. The average Bonchev–Trinajstić information content (AvgIpc) is 3.12. The molecule has 124 valence electrons. The fraction of sp³-hybridized carbons (Fsp3) is 0.412. The van der Waals surface area contributed by atoms with E-state index in [2.05, 4.69) is 34.0 Å². The summed E-state index contributed by atoms with van der Waals surface area (Å²) in [5.41, 5.74) is 2.15. The van der Waals surface area contributed by atoms with Crippen molar-refractivity contribution in [1.82, 2.24) is 15.6 Å². The van der Waals surface area contributed by atoms with Crippen LogP contribution >= 0.6 is 11.3 Å². The third-order valence-corrected chi connectivity index (χ3v) is 4.42. The number of thiophene rings is 1. The molecule has 23 heavy (non-hydrogen) atoms. The fourth-order valence-corrected chi connectivity index (χ4v) is 3.02. The molecular formula is C17H23N3O2S. The first kappa shape index (κ1) is 17.4. The molecule has 2 atom stereocenters. The van der Waals surface area contributed by atoms with Gasteiger partial charge in [-0.2, -0.15) is 11.3 Å². The van der Waals surface area contributed by atoms with E-state index >= 15 is 0 Å². The van der Waals surface area contributed by atoms with E-state index in [4.69, 9.17) is 0 Å². The van der Waals surface area contributed by atoms with Crippen molar-refractivity contribution in [2.24, 2.45) is 5.92 Å². The number of nitrogens with one attached hydrogen (secondary N) is 2. The van der Waals surface area contributed by atoms with Gasteiger partial charge in [0.15, 0.2) is 0 Å². The minimum atomic E-state index is -0.202. The number of aliphatic hydroxyl groups excluding tert-OH is 1. The van der Waals surface area contributed by atoms with Crippen molar-refractivity contribution in [1.29, 1.82) is 0 Å². The number of hydrogen-bond acceptors (Lipinski definition) is 4. The highest BCUT2D eigenvalue weighted by Crippen LogP contribution is 2.16. The van der Waals surface area contributed by atoms with Crippen LogP contribution in [0, 0.1) is 5.92 Å². The van der Waals surface area contributed by atoms with Crippen LogP contribution in [0.3, 0.4) is 0 Å². The monoisotopic (exact) mass is 333 g/mol. The van der Waals surface area contributed by atoms with Crippen LogP contribution < -0.4 is 10.6 Å². The number of rotatable bonds is 8. The quantitative estimate of drug-likeness (QED) is 0.694. The second-order valence-corrected chi connectivity index (χ2v) is 6.40. The molecule has 6 heteroatoms. The first-order chi connectivity index (χ1) is 11.2. The van der Waals surface area contributed by atoms with E-state index in [0.29, 0.717) is 19.5 Å². The highest BCUT2D eigenvalue weighted by atomic mass is 32.1. The number of carbonyl (C=O) groups is 1. The molecule has 2 rings (SSSR count). The molecule has 0 saturated carbocycles. The van der Waals surface area contributed by atoms with Gasteiger partial charge in [0, 0.05) is 37.5 Å². The first-order valence-electron chi connectivity index (χ1n) is 7.73. The third-order valence-electron chi connectivity index (χ3n) is 3.71. The van der Waals surface area contributed by atoms with E-state index in [9.17, 15) is 9.90 Å². The van der Waals surface area contributed by atoms with Gasteiger partial charge in [-0.25, -0.2) is 4.79 Å². The lowest BCUT2D eigenvalue weighted by Gasteiger charge is -2.16. The maximum absolute atomic E-state index is 11.9. The molecule has 2 aromatic rings. The summed E-state index contributed by atoms with van der Waals surface area (Å²) in [6.07, 6.45) is 2.37. The van der Waals surface area contributed by atoms with Gasteiger partial charge in [-0.3, -0.25) is 4.98 Å². The Bertz CT molecular complexity index is 575. The number of urea groups is 1. The standard InChI is InChI=1S/C17H23N3O2S/c1-13(15-5-7-23-12-15)9-19-17(22)20-10-14(11-21)8-16-4-2-3-6-18-16/h2-7,12-14,21H,8-11H2,1H3,(H2,19,20,22). The Morgan fingerprint density at radius 3 is 2.78 bits per heavy atom. The molecule has 0 aliphatic rings. The second-order valence-electron chi connectivity index (χ2n) is 5.62. The molecule has 0 fully saturated rings. The second kappa shape index (κ2) is 9.27. The molecular weight excluding hydrogens is 310 g/mol. The zero-order chi connectivity index (χ0) is 16.5. The topological polar surface area (TPSA) is 74.2 Å². The SMILES string of the molecule is CC(CNC(=O)NCC(CO)Cc1ccccn1)c1ccsc1. The van der Waals surface area contributed by atoms with Crippen molar-refractivity contribution < 1.29 is 9.90 Å². The molecule has 0 aliphatic heterocycles. The minimum Gasteiger partial charge on any atom is -0.396 e. The van der Waals surface area contributed by atoms with Gasteiger partial charge in [-0.15, -0.1) is 0 Å². The number of hydrogen-bond donors (Lipinski definition) is 3. The Labute approximate surface area is 140 Å². The Morgan fingerprint density at radius 1 is 1.30 bits per heavy atom. The molecule has 2 heterocycles. The van der Waals surface area contributed by atoms with Gasteiger partial charge < -0.3 is 15.7 Å². The highest BCUT2D eigenvalue weighted by molar-refractivity contribution is 7.07. The molecule has 3 N–H and O–H groups in total. The third kappa shape index (κ3) is 6.00. The van der Waals surface area contributed by atoms with Crippen molar-refractivity contribution in [2.45, 2.75) is 19.3 Å². The van der Waals surface area contributed by atoms with Crippen LogP contribution in [0.15, 0.2) is 41.2 Å². The normalized spacial score (nSPS) is 13.3.